The van der Waals surface area contributed by atoms with Crippen LogP contribution in [0.4, 0.5) is 0 Å². The highest BCUT2D eigenvalue weighted by molar-refractivity contribution is 6.33. The van der Waals surface area contributed by atoms with Gasteiger partial charge in [0.2, 0.25) is 0 Å². The van der Waals surface area contributed by atoms with Crippen LogP contribution in [0.1, 0.15) is 29.6 Å². The van der Waals surface area contributed by atoms with Crippen LogP contribution in [0.2, 0.25) is 10.3 Å². The van der Waals surface area contributed by atoms with Crippen molar-refractivity contribution in [2.24, 2.45) is 0 Å². The number of aromatic nitrogens is 1. The maximum Gasteiger partial charge on any atom is 0.254 e. The molecule has 98 valence electrons. The van der Waals surface area contributed by atoms with Crippen LogP contribution in [0.25, 0.3) is 0 Å². The second kappa shape index (κ2) is 5.87. The van der Waals surface area contributed by atoms with Crippen LogP contribution < -0.4 is 0 Å². The number of hydrogen-bond donors (Lipinski definition) is 1. The number of nitrogens with zero attached hydrogens (tertiary/aromatic N) is 2. The quantitative estimate of drug-likeness (QED) is 0.850. The Morgan fingerprint density at radius 2 is 2.06 bits per heavy atom. The number of rotatable bonds is 2. The molecule has 18 heavy (non-hydrogen) atoms. The standard InChI is InChI=1S/C12H14Cl2N2O2/c13-10-5-8(6-11(14)15-10)12(18)16-4-2-1-3-9(16)7-17/h5-6,9,17H,1-4,7H2. The first-order valence-electron chi connectivity index (χ1n) is 5.86. The Morgan fingerprint density at radius 1 is 1.39 bits per heavy atom. The van der Waals surface area contributed by atoms with Gasteiger partial charge in [-0.2, -0.15) is 0 Å². The number of aliphatic hydroxyl groups excluding tert-OH is 1. The lowest BCUT2D eigenvalue weighted by atomic mass is 10.0. The van der Waals surface area contributed by atoms with Gasteiger partial charge in [-0.3, -0.25) is 4.79 Å². The average molecular weight is 289 g/mol. The Kier molecular flexibility index (Phi) is 4.43. The molecule has 1 aliphatic heterocycles. The van der Waals surface area contributed by atoms with Gasteiger partial charge in [0.25, 0.3) is 5.91 Å². The van der Waals surface area contributed by atoms with E-state index in [2.05, 4.69) is 4.98 Å². The Labute approximate surface area is 116 Å². The van der Waals surface area contributed by atoms with E-state index in [9.17, 15) is 9.90 Å². The number of amides is 1. The molecule has 6 heteroatoms. The fourth-order valence-corrected chi connectivity index (χ4v) is 2.67. The fourth-order valence-electron chi connectivity index (χ4n) is 2.21. The Morgan fingerprint density at radius 3 is 2.67 bits per heavy atom. The summed E-state index contributed by atoms with van der Waals surface area (Å²) in [4.78, 5) is 17.8. The molecule has 0 aliphatic carbocycles. The molecule has 1 fully saturated rings. The Balaban J connectivity index is 2.23. The van der Waals surface area contributed by atoms with Gasteiger partial charge in [-0.05, 0) is 31.4 Å². The minimum atomic E-state index is -0.153. The van der Waals surface area contributed by atoms with E-state index in [0.29, 0.717) is 12.1 Å². The fraction of sp³-hybridized carbons (Fsp3) is 0.500. The maximum atomic E-state index is 12.3. The van der Waals surface area contributed by atoms with Gasteiger partial charge in [0.1, 0.15) is 10.3 Å². The van der Waals surface area contributed by atoms with Gasteiger partial charge in [0.15, 0.2) is 0 Å². The van der Waals surface area contributed by atoms with E-state index >= 15 is 0 Å². The lowest BCUT2D eigenvalue weighted by Gasteiger charge is -2.34. The zero-order valence-electron chi connectivity index (χ0n) is 9.77. The van der Waals surface area contributed by atoms with Crippen molar-refractivity contribution >= 4 is 29.1 Å². The SMILES string of the molecule is O=C(c1cc(Cl)nc(Cl)c1)N1CCCCC1CO. The largest absolute Gasteiger partial charge is 0.394 e. The summed E-state index contributed by atoms with van der Waals surface area (Å²) in [6.07, 6.45) is 2.82. The van der Waals surface area contributed by atoms with Gasteiger partial charge in [-0.25, -0.2) is 4.98 Å². The van der Waals surface area contributed by atoms with Crippen LogP contribution >= 0.6 is 23.2 Å². The van der Waals surface area contributed by atoms with Gasteiger partial charge < -0.3 is 10.0 Å². The van der Waals surface area contributed by atoms with E-state index in [4.69, 9.17) is 23.2 Å². The number of aliphatic hydroxyl groups is 1. The number of hydrogen-bond acceptors (Lipinski definition) is 3. The van der Waals surface area contributed by atoms with Crippen LogP contribution in [-0.4, -0.2) is 40.1 Å². The van der Waals surface area contributed by atoms with E-state index in [1.165, 1.54) is 12.1 Å². The summed E-state index contributed by atoms with van der Waals surface area (Å²) in [6.45, 7) is 0.639. The molecule has 1 unspecified atom stereocenters. The molecule has 2 rings (SSSR count). The summed E-state index contributed by atoms with van der Waals surface area (Å²) in [5.41, 5.74) is 0.417. The Hall–Kier alpha value is -0.840. The molecule has 1 aliphatic rings. The van der Waals surface area contributed by atoms with Crippen LogP contribution in [0.15, 0.2) is 12.1 Å². The van der Waals surface area contributed by atoms with Gasteiger partial charge in [0.05, 0.1) is 12.6 Å². The van der Waals surface area contributed by atoms with E-state index in [-0.39, 0.29) is 28.9 Å². The average Bonchev–Trinajstić information content (AvgIpc) is 2.36. The second-order valence-electron chi connectivity index (χ2n) is 4.33. The molecule has 0 radical (unpaired) electrons. The first-order chi connectivity index (χ1) is 8.61. The smallest absolute Gasteiger partial charge is 0.254 e. The van der Waals surface area contributed by atoms with Crippen molar-refractivity contribution in [1.29, 1.82) is 0 Å². The summed E-state index contributed by atoms with van der Waals surface area (Å²) in [6, 6.07) is 2.88. The van der Waals surface area contributed by atoms with Crippen LogP contribution in [-0.2, 0) is 0 Å². The van der Waals surface area contributed by atoms with E-state index in [1.807, 2.05) is 0 Å². The third-order valence-corrected chi connectivity index (χ3v) is 3.50. The summed E-state index contributed by atoms with van der Waals surface area (Å²) in [5, 5.41) is 9.70. The first-order valence-corrected chi connectivity index (χ1v) is 6.62. The molecule has 1 amide bonds. The van der Waals surface area contributed by atoms with Gasteiger partial charge >= 0.3 is 0 Å². The van der Waals surface area contributed by atoms with Crippen molar-refractivity contribution in [2.75, 3.05) is 13.2 Å². The number of pyridine rings is 1. The molecular weight excluding hydrogens is 275 g/mol. The zero-order valence-corrected chi connectivity index (χ0v) is 11.3. The zero-order chi connectivity index (χ0) is 13.1. The number of halogens is 2. The van der Waals surface area contributed by atoms with Crippen molar-refractivity contribution in [2.45, 2.75) is 25.3 Å². The molecule has 1 atom stereocenters. The minimum Gasteiger partial charge on any atom is -0.394 e. The second-order valence-corrected chi connectivity index (χ2v) is 5.11. The van der Waals surface area contributed by atoms with Crippen LogP contribution in [0.5, 0.6) is 0 Å². The molecule has 0 bridgehead atoms. The maximum absolute atomic E-state index is 12.3. The molecule has 1 saturated heterocycles. The molecule has 0 saturated carbocycles. The predicted molar refractivity (Wildman–Crippen MR) is 70.0 cm³/mol. The number of piperidine rings is 1. The Bertz CT molecular complexity index is 433. The first kappa shape index (κ1) is 13.6. The molecule has 1 aromatic rings. The number of carbonyl (C=O) groups excluding carboxylic acids is 1. The highest BCUT2D eigenvalue weighted by Gasteiger charge is 2.27. The van der Waals surface area contributed by atoms with Crippen LogP contribution in [0, 0.1) is 0 Å². The molecule has 1 N–H and O–H groups in total. The van der Waals surface area contributed by atoms with Gasteiger partial charge in [-0.1, -0.05) is 23.2 Å². The van der Waals surface area contributed by atoms with E-state index in [0.717, 1.165) is 19.3 Å². The monoisotopic (exact) mass is 288 g/mol. The number of carbonyl (C=O) groups is 1. The van der Waals surface area contributed by atoms with E-state index < -0.39 is 0 Å². The summed E-state index contributed by atoms with van der Waals surface area (Å²) in [5.74, 6) is -0.153. The van der Waals surface area contributed by atoms with Crippen molar-refractivity contribution in [3.63, 3.8) is 0 Å². The highest BCUT2D eigenvalue weighted by atomic mass is 35.5. The molecule has 4 nitrogen and oxygen atoms in total. The highest BCUT2D eigenvalue weighted by Crippen LogP contribution is 2.22. The van der Waals surface area contributed by atoms with Crippen LogP contribution in [0.3, 0.4) is 0 Å². The molecule has 1 aromatic heterocycles. The number of likely N-dealkylation sites (tertiary alicyclic amines) is 1. The topological polar surface area (TPSA) is 53.4 Å². The summed E-state index contributed by atoms with van der Waals surface area (Å²) in [7, 11) is 0. The van der Waals surface area contributed by atoms with Crippen molar-refractivity contribution in [3.05, 3.63) is 28.0 Å². The third-order valence-electron chi connectivity index (χ3n) is 3.11. The van der Waals surface area contributed by atoms with Gasteiger partial charge in [0, 0.05) is 12.1 Å². The van der Waals surface area contributed by atoms with Crippen molar-refractivity contribution in [3.8, 4) is 0 Å². The van der Waals surface area contributed by atoms with Gasteiger partial charge in [-0.15, -0.1) is 0 Å². The molecular formula is C12H14Cl2N2O2. The predicted octanol–water partition coefficient (Wildman–Crippen LogP) is 2.38. The molecule has 2 heterocycles. The minimum absolute atomic E-state index is 0.0156. The molecule has 0 aromatic carbocycles. The van der Waals surface area contributed by atoms with Crippen molar-refractivity contribution in [1.82, 2.24) is 9.88 Å². The normalized spacial score (nSPS) is 19.9. The summed E-state index contributed by atoms with van der Waals surface area (Å²) >= 11 is 11.6. The van der Waals surface area contributed by atoms with E-state index in [1.54, 1.807) is 4.90 Å². The molecule has 0 spiro atoms. The lowest BCUT2D eigenvalue weighted by molar-refractivity contribution is 0.0503. The lowest BCUT2D eigenvalue weighted by Crippen LogP contribution is -2.45. The summed E-state index contributed by atoms with van der Waals surface area (Å²) < 4.78 is 0. The third kappa shape index (κ3) is 2.94. The van der Waals surface area contributed by atoms with Crippen molar-refractivity contribution < 1.29 is 9.90 Å².